The molecule has 8 heteroatoms. The Balaban J connectivity index is 1.79. The summed E-state index contributed by atoms with van der Waals surface area (Å²) in [6.45, 7) is 2.08. The number of nitro groups is 2. The average molecular weight is 441 g/mol. The number of ether oxygens (including phenoxy) is 1. The highest BCUT2D eigenvalue weighted by Gasteiger charge is 2.22. The van der Waals surface area contributed by atoms with E-state index in [2.05, 4.69) is 11.9 Å². The monoisotopic (exact) mass is 441 g/mol. The van der Waals surface area contributed by atoms with Gasteiger partial charge in [-0.25, -0.2) is 0 Å². The van der Waals surface area contributed by atoms with Crippen molar-refractivity contribution in [2.45, 2.75) is 13.3 Å². The van der Waals surface area contributed by atoms with Crippen molar-refractivity contribution in [2.75, 3.05) is 0 Å². The van der Waals surface area contributed by atoms with Crippen LogP contribution in [0.25, 0.3) is 10.8 Å². The van der Waals surface area contributed by atoms with Crippen LogP contribution in [0, 0.1) is 20.2 Å². The van der Waals surface area contributed by atoms with Crippen LogP contribution >= 0.6 is 0 Å². The summed E-state index contributed by atoms with van der Waals surface area (Å²) in [7, 11) is 0. The summed E-state index contributed by atoms with van der Waals surface area (Å²) in [5.41, 5.74) is 1.72. The van der Waals surface area contributed by atoms with Crippen LogP contribution in [0.1, 0.15) is 18.1 Å². The van der Waals surface area contributed by atoms with Crippen LogP contribution in [0.3, 0.4) is 0 Å². The van der Waals surface area contributed by atoms with Gasteiger partial charge in [0.05, 0.1) is 21.6 Å². The van der Waals surface area contributed by atoms with E-state index in [1.165, 1.54) is 17.7 Å². The normalized spacial score (nSPS) is 11.1. The van der Waals surface area contributed by atoms with Gasteiger partial charge in [-0.2, -0.15) is 0 Å². The number of nitro benzene ring substituents is 2. The van der Waals surface area contributed by atoms with Gasteiger partial charge in [-0.15, -0.1) is 0 Å². The van der Waals surface area contributed by atoms with Crippen LogP contribution in [0.2, 0.25) is 0 Å². The topological polar surface area (TPSA) is 108 Å². The fraction of sp³-hybridized carbons (Fsp3) is 0.0800. The van der Waals surface area contributed by atoms with E-state index in [4.69, 9.17) is 4.74 Å². The second kappa shape index (κ2) is 9.27. The molecule has 0 aliphatic rings. The first-order valence-electron chi connectivity index (χ1n) is 10.2. The van der Waals surface area contributed by atoms with Crippen LogP contribution in [-0.2, 0) is 6.42 Å². The van der Waals surface area contributed by atoms with E-state index in [9.17, 15) is 20.2 Å². The maximum atomic E-state index is 11.5. The van der Waals surface area contributed by atoms with Gasteiger partial charge in [0.15, 0.2) is 0 Å². The summed E-state index contributed by atoms with van der Waals surface area (Å²) in [4.78, 5) is 25.7. The first kappa shape index (κ1) is 21.6. The highest BCUT2D eigenvalue weighted by molar-refractivity contribution is 6.03. The summed E-state index contributed by atoms with van der Waals surface area (Å²) >= 11 is 0. The molecule has 0 radical (unpaired) electrons. The highest BCUT2D eigenvalue weighted by Crippen LogP contribution is 2.37. The van der Waals surface area contributed by atoms with E-state index in [0.29, 0.717) is 11.3 Å². The number of aryl methyl sites for hydroxylation is 1. The molecule has 0 atom stereocenters. The van der Waals surface area contributed by atoms with E-state index in [-0.39, 0.29) is 11.4 Å². The first-order valence-corrected chi connectivity index (χ1v) is 10.2. The zero-order valence-corrected chi connectivity index (χ0v) is 17.7. The van der Waals surface area contributed by atoms with E-state index in [0.717, 1.165) is 28.9 Å². The van der Waals surface area contributed by atoms with Gasteiger partial charge in [-0.3, -0.25) is 25.2 Å². The largest absolute Gasteiger partial charge is 0.449 e. The van der Waals surface area contributed by atoms with Gasteiger partial charge in [0, 0.05) is 17.8 Å². The number of hydrogen-bond donors (Lipinski definition) is 0. The molecule has 0 spiro atoms. The van der Waals surface area contributed by atoms with Crippen LogP contribution in [-0.4, -0.2) is 16.1 Å². The number of hydrogen-bond acceptors (Lipinski definition) is 6. The lowest BCUT2D eigenvalue weighted by molar-refractivity contribution is -0.394. The maximum absolute atomic E-state index is 11.5. The van der Waals surface area contributed by atoms with Crippen molar-refractivity contribution in [3.05, 3.63) is 110 Å². The molecular formula is C25H19N3O5. The minimum absolute atomic E-state index is 0.0946. The third-order valence-corrected chi connectivity index (χ3v) is 5.19. The molecule has 0 aromatic heterocycles. The third kappa shape index (κ3) is 4.69. The van der Waals surface area contributed by atoms with Crippen molar-refractivity contribution >= 4 is 34.0 Å². The Morgan fingerprint density at radius 3 is 2.30 bits per heavy atom. The van der Waals surface area contributed by atoms with E-state index in [1.807, 2.05) is 54.6 Å². The number of non-ortho nitro benzene ring substituents is 1. The van der Waals surface area contributed by atoms with Crippen LogP contribution in [0.5, 0.6) is 11.5 Å². The van der Waals surface area contributed by atoms with Crippen molar-refractivity contribution < 1.29 is 14.6 Å². The standard InChI is InChI=1S/C25H19N3O5/c1-2-17-7-10-19(11-8-17)26-16-22-21-6-4-3-5-18(21)9-13-24(22)33-25-14-12-20(27(29)30)15-23(25)28(31)32/h3-16H,2H2,1H3. The fourth-order valence-corrected chi connectivity index (χ4v) is 3.42. The minimum atomic E-state index is -0.702. The van der Waals surface area contributed by atoms with Gasteiger partial charge in [-0.1, -0.05) is 49.4 Å². The first-order chi connectivity index (χ1) is 16.0. The smallest absolute Gasteiger partial charge is 0.318 e. The zero-order chi connectivity index (χ0) is 23.4. The van der Waals surface area contributed by atoms with Gasteiger partial charge in [0.2, 0.25) is 5.75 Å². The number of rotatable bonds is 7. The molecule has 4 aromatic rings. The van der Waals surface area contributed by atoms with E-state index in [1.54, 1.807) is 12.3 Å². The molecular weight excluding hydrogens is 422 g/mol. The molecule has 0 aliphatic carbocycles. The molecule has 4 rings (SSSR count). The lowest BCUT2D eigenvalue weighted by atomic mass is 10.0. The number of nitrogens with zero attached hydrogens (tertiary/aromatic N) is 3. The number of aliphatic imine (C=N–C) groups is 1. The molecule has 0 unspecified atom stereocenters. The summed E-state index contributed by atoms with van der Waals surface area (Å²) < 4.78 is 5.91. The number of benzene rings is 4. The molecule has 0 amide bonds. The van der Waals surface area contributed by atoms with E-state index >= 15 is 0 Å². The maximum Gasteiger partial charge on any atom is 0.318 e. The molecule has 0 saturated carbocycles. The Hall–Kier alpha value is -4.59. The molecule has 8 nitrogen and oxygen atoms in total. The molecule has 0 bridgehead atoms. The second-order valence-electron chi connectivity index (χ2n) is 7.25. The summed E-state index contributed by atoms with van der Waals surface area (Å²) in [5, 5.41) is 24.4. The van der Waals surface area contributed by atoms with Gasteiger partial charge in [-0.05, 0) is 47.0 Å². The molecule has 164 valence electrons. The van der Waals surface area contributed by atoms with E-state index < -0.39 is 15.5 Å². The molecule has 0 fully saturated rings. The van der Waals surface area contributed by atoms with Crippen LogP contribution in [0.4, 0.5) is 17.1 Å². The average Bonchev–Trinajstić information content (AvgIpc) is 2.83. The summed E-state index contributed by atoms with van der Waals surface area (Å²) in [6, 6.07) is 22.3. The molecule has 4 aromatic carbocycles. The minimum Gasteiger partial charge on any atom is -0.449 e. The summed E-state index contributed by atoms with van der Waals surface area (Å²) in [6.07, 6.45) is 2.59. The van der Waals surface area contributed by atoms with Gasteiger partial charge < -0.3 is 4.74 Å². The van der Waals surface area contributed by atoms with Crippen molar-refractivity contribution in [1.82, 2.24) is 0 Å². The zero-order valence-electron chi connectivity index (χ0n) is 17.7. The SMILES string of the molecule is CCc1ccc(N=Cc2c(Oc3ccc([N+](=O)[O-])cc3[N+](=O)[O-])ccc3ccccc23)cc1. The predicted molar refractivity (Wildman–Crippen MR) is 127 cm³/mol. The Bertz CT molecular complexity index is 1380. The number of fused-ring (bicyclic) bond motifs is 1. The van der Waals surface area contributed by atoms with Crippen molar-refractivity contribution in [1.29, 1.82) is 0 Å². The Kier molecular flexibility index (Phi) is 6.08. The van der Waals surface area contributed by atoms with Gasteiger partial charge in [0.1, 0.15) is 5.75 Å². The van der Waals surface area contributed by atoms with Crippen LogP contribution < -0.4 is 4.74 Å². The molecule has 0 aliphatic heterocycles. The summed E-state index contributed by atoms with van der Waals surface area (Å²) in [5.74, 6) is 0.252. The Morgan fingerprint density at radius 1 is 0.879 bits per heavy atom. The molecule has 0 saturated heterocycles. The Morgan fingerprint density at radius 2 is 1.61 bits per heavy atom. The predicted octanol–water partition coefficient (Wildman–Crippen LogP) is 6.76. The fourth-order valence-electron chi connectivity index (χ4n) is 3.42. The van der Waals surface area contributed by atoms with Crippen LogP contribution in [0.15, 0.2) is 83.9 Å². The lowest BCUT2D eigenvalue weighted by Gasteiger charge is -2.12. The lowest BCUT2D eigenvalue weighted by Crippen LogP contribution is -1.98. The van der Waals surface area contributed by atoms with Crippen molar-refractivity contribution in [3.8, 4) is 11.5 Å². The third-order valence-electron chi connectivity index (χ3n) is 5.19. The molecule has 0 heterocycles. The second-order valence-corrected chi connectivity index (χ2v) is 7.25. The van der Waals surface area contributed by atoms with Gasteiger partial charge >= 0.3 is 5.69 Å². The van der Waals surface area contributed by atoms with Crippen molar-refractivity contribution in [2.24, 2.45) is 4.99 Å². The van der Waals surface area contributed by atoms with Crippen molar-refractivity contribution in [3.63, 3.8) is 0 Å². The molecule has 0 N–H and O–H groups in total. The quantitative estimate of drug-likeness (QED) is 0.179. The molecule has 33 heavy (non-hydrogen) atoms. The Labute approximate surface area is 189 Å². The van der Waals surface area contributed by atoms with Gasteiger partial charge in [0.25, 0.3) is 5.69 Å². The highest BCUT2D eigenvalue weighted by atomic mass is 16.6.